The maximum absolute atomic E-state index is 13.8. The van der Waals surface area contributed by atoms with Crippen LogP contribution in [0.25, 0.3) is 0 Å². The molecule has 0 bridgehead atoms. The van der Waals surface area contributed by atoms with E-state index in [0.29, 0.717) is 52.0 Å². The van der Waals surface area contributed by atoms with Gasteiger partial charge in [0.15, 0.2) is 0 Å². The maximum Gasteiger partial charge on any atom is 0.245 e. The molecule has 2 aliphatic carbocycles. The Bertz CT molecular complexity index is 2000. The Morgan fingerprint density at radius 2 is 1.19 bits per heavy atom. The zero-order valence-electron chi connectivity index (χ0n) is 40.8. The van der Waals surface area contributed by atoms with Crippen LogP contribution >= 0.6 is 0 Å². The Kier molecular flexibility index (Phi) is 19.3. The summed E-state index contributed by atoms with van der Waals surface area (Å²) in [6.07, 6.45) is 10.6. The summed E-state index contributed by atoms with van der Waals surface area (Å²) in [5, 5.41) is 29.6. The lowest BCUT2D eigenvalue weighted by atomic mass is 9.87. The minimum Gasteiger partial charge on any atom is -0.493 e. The molecule has 67 heavy (non-hydrogen) atoms. The predicted octanol–water partition coefficient (Wildman–Crippen LogP) is 4.08. The highest BCUT2D eigenvalue weighted by Crippen LogP contribution is 2.38. The van der Waals surface area contributed by atoms with Crippen LogP contribution in [0.4, 0.5) is 0 Å². The zero-order valence-corrected chi connectivity index (χ0v) is 40.8. The number of aliphatic hydroxyl groups excluding tert-OH is 1. The molecule has 16 heteroatoms. The number of nitrogens with one attached hydrogen (secondary N) is 6. The van der Waals surface area contributed by atoms with Crippen molar-refractivity contribution in [2.24, 2.45) is 0 Å². The van der Waals surface area contributed by atoms with Crippen molar-refractivity contribution in [2.75, 3.05) is 40.4 Å². The standard InChI is InChI=1S/C51H78N8O8/c1-7-38(54-46(60)32(3)52-5)50(64)58-28-16-24-42(58)48(62)56-40-22-12-20-36-34(40)18-14-26-44(36)66-30-10-9-11-31-67-45-27-15-19-35-37(45)21-13-23-41(35)57-49(63)43-25-17-29-59(43)51(65)39(8-2)55-47(61)33(4)53-6/h14-15,18-19,26-27,32-33,38-43,50,52-53,64H,7-13,16-17,20-25,28-31H2,1-6H3,(H,54,60)(H,55,61)(H,56,62)(H,57,63)/t32-,33-,38-,39-,40+,41+,42-,43-,50?/m0/s1. The molecule has 5 amide bonds. The fourth-order valence-corrected chi connectivity index (χ4v) is 10.2. The monoisotopic (exact) mass is 931 g/mol. The summed E-state index contributed by atoms with van der Waals surface area (Å²) < 4.78 is 12.7. The molecule has 6 rings (SSSR count). The molecule has 370 valence electrons. The Labute approximate surface area is 397 Å². The molecular formula is C51H78N8O8. The molecule has 0 spiro atoms. The average Bonchev–Trinajstić information content (AvgIpc) is 4.05. The number of rotatable bonds is 23. The first-order valence-electron chi connectivity index (χ1n) is 25.2. The molecule has 2 aromatic carbocycles. The maximum atomic E-state index is 13.8. The molecule has 2 heterocycles. The highest BCUT2D eigenvalue weighted by molar-refractivity contribution is 5.93. The summed E-state index contributed by atoms with van der Waals surface area (Å²) in [7, 11) is 3.42. The number of carbonyl (C=O) groups excluding carboxylic acids is 5. The number of ether oxygens (including phenoxy) is 2. The van der Waals surface area contributed by atoms with Crippen LogP contribution in [0, 0.1) is 0 Å². The smallest absolute Gasteiger partial charge is 0.245 e. The normalized spacial score (nSPS) is 22.6. The number of hydrogen-bond acceptors (Lipinski definition) is 11. The molecule has 2 aromatic rings. The van der Waals surface area contributed by atoms with Crippen LogP contribution in [-0.2, 0) is 36.8 Å². The van der Waals surface area contributed by atoms with Gasteiger partial charge in [-0.15, -0.1) is 0 Å². The number of fused-ring (bicyclic) bond motifs is 2. The second kappa shape index (κ2) is 25.0. The van der Waals surface area contributed by atoms with Gasteiger partial charge in [-0.05, 0) is 159 Å². The summed E-state index contributed by atoms with van der Waals surface area (Å²) in [6, 6.07) is 8.81. The second-order valence-electron chi connectivity index (χ2n) is 18.8. The molecule has 7 N–H and O–H groups in total. The van der Waals surface area contributed by atoms with E-state index in [-0.39, 0.29) is 47.7 Å². The lowest BCUT2D eigenvalue weighted by Gasteiger charge is -2.35. The number of unbranched alkanes of at least 4 members (excludes halogenated alkanes) is 2. The fourth-order valence-electron chi connectivity index (χ4n) is 10.2. The highest BCUT2D eigenvalue weighted by atomic mass is 16.5. The highest BCUT2D eigenvalue weighted by Gasteiger charge is 2.41. The lowest BCUT2D eigenvalue weighted by Crippen LogP contribution is -2.57. The Morgan fingerprint density at radius 3 is 1.73 bits per heavy atom. The van der Waals surface area contributed by atoms with Gasteiger partial charge in [-0.2, -0.15) is 0 Å². The molecule has 16 nitrogen and oxygen atoms in total. The molecule has 0 radical (unpaired) electrons. The molecule has 9 atom stereocenters. The first kappa shape index (κ1) is 51.6. The minimum absolute atomic E-state index is 0.0961. The van der Waals surface area contributed by atoms with Gasteiger partial charge in [0.25, 0.3) is 0 Å². The Morgan fingerprint density at radius 1 is 0.672 bits per heavy atom. The Balaban J connectivity index is 0.955. The summed E-state index contributed by atoms with van der Waals surface area (Å²) >= 11 is 0. The first-order chi connectivity index (χ1) is 32.4. The van der Waals surface area contributed by atoms with Crippen molar-refractivity contribution < 1.29 is 38.6 Å². The molecule has 2 saturated heterocycles. The topological polar surface area (TPSA) is 203 Å². The third-order valence-corrected chi connectivity index (χ3v) is 14.4. The first-order valence-corrected chi connectivity index (χ1v) is 25.2. The van der Waals surface area contributed by atoms with Crippen molar-refractivity contribution in [3.8, 4) is 11.5 Å². The summed E-state index contributed by atoms with van der Waals surface area (Å²) in [5.74, 6) is 0.826. The Hall–Kier alpha value is -4.77. The molecule has 0 aromatic heterocycles. The number of likely N-dealkylation sites (N-methyl/N-ethyl adjacent to an activating group) is 2. The van der Waals surface area contributed by atoms with E-state index in [1.54, 1.807) is 32.8 Å². The van der Waals surface area contributed by atoms with Crippen molar-refractivity contribution >= 4 is 29.5 Å². The van der Waals surface area contributed by atoms with Crippen molar-refractivity contribution in [3.63, 3.8) is 0 Å². The number of benzene rings is 2. The van der Waals surface area contributed by atoms with Gasteiger partial charge >= 0.3 is 0 Å². The number of likely N-dealkylation sites (tertiary alicyclic amines) is 2. The summed E-state index contributed by atoms with van der Waals surface area (Å²) in [4.78, 5) is 69.8. The van der Waals surface area contributed by atoms with Crippen LogP contribution < -0.4 is 41.4 Å². The average molecular weight is 931 g/mol. The van der Waals surface area contributed by atoms with Gasteiger partial charge in [0, 0.05) is 13.1 Å². The van der Waals surface area contributed by atoms with Crippen LogP contribution in [0.3, 0.4) is 0 Å². The van der Waals surface area contributed by atoms with E-state index in [2.05, 4.69) is 44.0 Å². The third kappa shape index (κ3) is 12.9. The number of amides is 5. The van der Waals surface area contributed by atoms with Crippen LogP contribution in [0.2, 0.25) is 0 Å². The van der Waals surface area contributed by atoms with E-state index >= 15 is 0 Å². The fraction of sp³-hybridized carbons (Fsp3) is 0.667. The number of hydrogen-bond donors (Lipinski definition) is 7. The van der Waals surface area contributed by atoms with Crippen molar-refractivity contribution in [1.29, 1.82) is 0 Å². The van der Waals surface area contributed by atoms with E-state index in [4.69, 9.17) is 9.47 Å². The summed E-state index contributed by atoms with van der Waals surface area (Å²) in [5.41, 5.74) is 4.42. The number of carbonyl (C=O) groups is 5. The van der Waals surface area contributed by atoms with E-state index in [9.17, 15) is 29.1 Å². The predicted molar refractivity (Wildman–Crippen MR) is 257 cm³/mol. The van der Waals surface area contributed by atoms with Crippen LogP contribution in [0.15, 0.2) is 36.4 Å². The van der Waals surface area contributed by atoms with Gasteiger partial charge < -0.3 is 51.4 Å². The molecule has 2 fully saturated rings. The van der Waals surface area contributed by atoms with Crippen molar-refractivity contribution in [2.45, 2.75) is 179 Å². The SMILES string of the molecule is CC[C@H](NC(=O)[C@H](C)NC)C(=O)N1CCC[C@H]1C(=O)N[C@@H]1CCCc2c(OCCCCCOc3cccc4c3CCC[C@H]4NC(=O)[C@@H]3CCCN3C(O)[C@H](CC)NC(=O)[C@H](C)NC)cccc21. The van der Waals surface area contributed by atoms with Gasteiger partial charge in [0.05, 0.1) is 49.5 Å². The van der Waals surface area contributed by atoms with Crippen LogP contribution in [0.1, 0.15) is 146 Å². The van der Waals surface area contributed by atoms with Crippen molar-refractivity contribution in [3.05, 3.63) is 58.7 Å². The minimum atomic E-state index is -0.968. The third-order valence-electron chi connectivity index (χ3n) is 14.4. The molecular weight excluding hydrogens is 853 g/mol. The van der Waals surface area contributed by atoms with E-state index in [1.165, 1.54) is 0 Å². The van der Waals surface area contributed by atoms with E-state index in [0.717, 1.165) is 104 Å². The van der Waals surface area contributed by atoms with Gasteiger partial charge in [-0.1, -0.05) is 38.1 Å². The molecule has 2 aliphatic heterocycles. The van der Waals surface area contributed by atoms with E-state index < -0.39 is 36.4 Å². The van der Waals surface area contributed by atoms with Gasteiger partial charge in [-0.3, -0.25) is 28.9 Å². The largest absolute Gasteiger partial charge is 0.493 e. The van der Waals surface area contributed by atoms with Crippen LogP contribution in [-0.4, -0.2) is 127 Å². The zero-order chi connectivity index (χ0) is 48.0. The van der Waals surface area contributed by atoms with Crippen LogP contribution in [0.5, 0.6) is 11.5 Å². The number of nitrogens with zero attached hydrogens (tertiary/aromatic N) is 2. The van der Waals surface area contributed by atoms with Gasteiger partial charge in [0.2, 0.25) is 29.5 Å². The number of aliphatic hydroxyl groups is 1. The second-order valence-corrected chi connectivity index (χ2v) is 18.8. The van der Waals surface area contributed by atoms with Gasteiger partial charge in [-0.25, -0.2) is 0 Å². The van der Waals surface area contributed by atoms with E-state index in [1.807, 2.05) is 43.0 Å². The molecule has 0 saturated carbocycles. The molecule has 1 unspecified atom stereocenters. The quantitative estimate of drug-likeness (QED) is 0.0793. The lowest BCUT2D eigenvalue weighted by molar-refractivity contribution is -0.141. The van der Waals surface area contributed by atoms with Crippen molar-refractivity contribution in [1.82, 2.24) is 41.7 Å². The molecule has 4 aliphatic rings. The van der Waals surface area contributed by atoms with Gasteiger partial charge in [0.1, 0.15) is 29.8 Å². The summed E-state index contributed by atoms with van der Waals surface area (Å²) in [6.45, 7) is 9.52.